The zero-order valence-corrected chi connectivity index (χ0v) is 11.1. The van der Waals surface area contributed by atoms with Crippen LogP contribution in [-0.2, 0) is 4.79 Å². The zero-order valence-electron chi connectivity index (χ0n) is 11.1. The lowest BCUT2D eigenvalue weighted by molar-refractivity contribution is -0.152. The van der Waals surface area contributed by atoms with Gasteiger partial charge in [0.05, 0.1) is 11.5 Å². The van der Waals surface area contributed by atoms with Crippen LogP contribution in [0.3, 0.4) is 0 Å². The van der Waals surface area contributed by atoms with Gasteiger partial charge in [-0.25, -0.2) is 0 Å². The van der Waals surface area contributed by atoms with Gasteiger partial charge in [0.25, 0.3) is 0 Å². The van der Waals surface area contributed by atoms with Crippen molar-refractivity contribution in [1.82, 2.24) is 4.90 Å². The highest BCUT2D eigenvalue weighted by molar-refractivity contribution is 5.71. The highest BCUT2D eigenvalue weighted by Gasteiger charge is 2.46. The van der Waals surface area contributed by atoms with E-state index in [1.165, 1.54) is 0 Å². The van der Waals surface area contributed by atoms with Gasteiger partial charge in [0.1, 0.15) is 0 Å². The molecule has 1 aliphatic rings. The van der Waals surface area contributed by atoms with Gasteiger partial charge < -0.3 is 10.2 Å². The van der Waals surface area contributed by atoms with E-state index in [4.69, 9.17) is 0 Å². The molecule has 0 aromatic rings. The summed E-state index contributed by atoms with van der Waals surface area (Å²) in [6.07, 6.45) is 2.98. The van der Waals surface area contributed by atoms with Gasteiger partial charge in [-0.15, -0.1) is 0 Å². The highest BCUT2D eigenvalue weighted by atomic mass is 16.4. The van der Waals surface area contributed by atoms with Crippen LogP contribution >= 0.6 is 0 Å². The van der Waals surface area contributed by atoms with E-state index in [0.717, 1.165) is 19.4 Å². The first-order valence-electron chi connectivity index (χ1n) is 6.60. The Hall–Kier alpha value is -0.610. The van der Waals surface area contributed by atoms with E-state index in [1.807, 2.05) is 6.92 Å². The molecule has 100 valence electrons. The van der Waals surface area contributed by atoms with Crippen molar-refractivity contribution in [2.24, 2.45) is 5.92 Å². The lowest BCUT2D eigenvalue weighted by atomic mass is 9.83. The van der Waals surface area contributed by atoms with E-state index in [-0.39, 0.29) is 0 Å². The van der Waals surface area contributed by atoms with Crippen LogP contribution in [0.5, 0.6) is 0 Å². The lowest BCUT2D eigenvalue weighted by Gasteiger charge is -2.30. The number of carboxylic acid groups (broad SMARTS) is 1. The minimum atomic E-state index is -1.04. The van der Waals surface area contributed by atoms with Crippen LogP contribution in [0.4, 0.5) is 0 Å². The Morgan fingerprint density at radius 3 is 2.53 bits per heavy atom. The zero-order chi connectivity index (χ0) is 13.1. The van der Waals surface area contributed by atoms with E-state index in [2.05, 4.69) is 18.7 Å². The predicted octanol–water partition coefficient (Wildman–Crippen LogP) is 1.72. The van der Waals surface area contributed by atoms with Crippen molar-refractivity contribution in [2.45, 2.75) is 58.1 Å². The fourth-order valence-electron chi connectivity index (χ4n) is 2.60. The monoisotopic (exact) mass is 243 g/mol. The maximum atomic E-state index is 11.3. The summed E-state index contributed by atoms with van der Waals surface area (Å²) in [7, 11) is 0. The summed E-state index contributed by atoms with van der Waals surface area (Å²) in [5.74, 6) is -1.47. The molecule has 4 heteroatoms. The smallest absolute Gasteiger partial charge is 0.309 e. The Kier molecular flexibility index (Phi) is 4.95. The van der Waals surface area contributed by atoms with Gasteiger partial charge in [0, 0.05) is 19.1 Å². The molecule has 1 fully saturated rings. The Morgan fingerprint density at radius 1 is 1.47 bits per heavy atom. The number of aliphatic carboxylic acids is 1. The van der Waals surface area contributed by atoms with Gasteiger partial charge >= 0.3 is 5.97 Å². The number of aliphatic hydroxyl groups is 1. The molecule has 1 saturated heterocycles. The van der Waals surface area contributed by atoms with Crippen molar-refractivity contribution in [2.75, 3.05) is 13.1 Å². The van der Waals surface area contributed by atoms with Gasteiger partial charge in [0.2, 0.25) is 0 Å². The van der Waals surface area contributed by atoms with Crippen LogP contribution in [0.15, 0.2) is 0 Å². The molecule has 4 nitrogen and oxygen atoms in total. The molecule has 2 N–H and O–H groups in total. The van der Waals surface area contributed by atoms with Crippen LogP contribution in [-0.4, -0.2) is 45.8 Å². The summed E-state index contributed by atoms with van der Waals surface area (Å²) in [4.78, 5) is 13.5. The van der Waals surface area contributed by atoms with Gasteiger partial charge in [-0.3, -0.25) is 9.69 Å². The van der Waals surface area contributed by atoms with E-state index in [1.54, 1.807) is 0 Å². The number of likely N-dealkylation sites (tertiary alicyclic amines) is 1. The molecular formula is C13H25NO3. The van der Waals surface area contributed by atoms with Crippen LogP contribution in [0.25, 0.3) is 0 Å². The molecule has 0 amide bonds. The van der Waals surface area contributed by atoms with E-state index in [9.17, 15) is 15.0 Å². The van der Waals surface area contributed by atoms with Gasteiger partial charge in [-0.2, -0.15) is 0 Å². The first-order valence-corrected chi connectivity index (χ1v) is 6.60. The molecule has 1 heterocycles. The SMILES string of the molecule is CCCCC(C(=O)O)C1(O)CCN(C(C)C)C1. The summed E-state index contributed by atoms with van der Waals surface area (Å²) in [5, 5.41) is 19.8. The minimum Gasteiger partial charge on any atom is -0.481 e. The molecule has 2 unspecified atom stereocenters. The quantitative estimate of drug-likeness (QED) is 0.745. The Balaban J connectivity index is 2.70. The maximum Gasteiger partial charge on any atom is 0.309 e. The molecule has 0 spiro atoms. The Morgan fingerprint density at radius 2 is 2.12 bits per heavy atom. The topological polar surface area (TPSA) is 60.8 Å². The fraction of sp³-hybridized carbons (Fsp3) is 0.923. The standard InChI is InChI=1S/C13H25NO3/c1-4-5-6-11(12(15)16)13(17)7-8-14(9-13)10(2)3/h10-11,17H,4-9H2,1-3H3,(H,15,16). The van der Waals surface area contributed by atoms with Crippen LogP contribution < -0.4 is 0 Å². The first kappa shape index (κ1) is 14.5. The molecular weight excluding hydrogens is 218 g/mol. The Labute approximate surface area is 104 Å². The molecule has 0 aromatic carbocycles. The molecule has 1 aliphatic heterocycles. The normalized spacial score (nSPS) is 27.6. The lowest BCUT2D eigenvalue weighted by Crippen LogP contribution is -2.45. The summed E-state index contributed by atoms with van der Waals surface area (Å²) < 4.78 is 0. The summed E-state index contributed by atoms with van der Waals surface area (Å²) >= 11 is 0. The maximum absolute atomic E-state index is 11.3. The van der Waals surface area contributed by atoms with Crippen molar-refractivity contribution in [3.63, 3.8) is 0 Å². The number of β-amino-alcohol motifs (C(OH)–C–C–N with tert-alkyl or cyclic N) is 1. The molecule has 0 aliphatic carbocycles. The van der Waals surface area contributed by atoms with E-state index >= 15 is 0 Å². The van der Waals surface area contributed by atoms with Crippen molar-refractivity contribution in [3.8, 4) is 0 Å². The van der Waals surface area contributed by atoms with Gasteiger partial charge in [-0.05, 0) is 26.7 Å². The number of carbonyl (C=O) groups is 1. The molecule has 0 aromatic heterocycles. The summed E-state index contributed by atoms with van der Waals surface area (Å²) in [5.41, 5.74) is -1.04. The predicted molar refractivity (Wildman–Crippen MR) is 66.9 cm³/mol. The van der Waals surface area contributed by atoms with E-state index < -0.39 is 17.5 Å². The van der Waals surface area contributed by atoms with Crippen LogP contribution in [0, 0.1) is 5.92 Å². The highest BCUT2D eigenvalue weighted by Crippen LogP contribution is 2.33. The van der Waals surface area contributed by atoms with Crippen molar-refractivity contribution < 1.29 is 15.0 Å². The van der Waals surface area contributed by atoms with Crippen molar-refractivity contribution >= 4 is 5.97 Å². The Bertz CT molecular complexity index is 267. The second-order valence-corrected chi connectivity index (χ2v) is 5.45. The number of hydrogen-bond acceptors (Lipinski definition) is 3. The van der Waals surface area contributed by atoms with E-state index in [0.29, 0.717) is 25.4 Å². The number of rotatable bonds is 6. The molecule has 2 atom stereocenters. The summed E-state index contributed by atoms with van der Waals surface area (Å²) in [6, 6.07) is 0.365. The average molecular weight is 243 g/mol. The number of hydrogen-bond donors (Lipinski definition) is 2. The third-order valence-corrected chi connectivity index (χ3v) is 3.83. The molecule has 0 bridgehead atoms. The second kappa shape index (κ2) is 5.83. The van der Waals surface area contributed by atoms with Crippen molar-refractivity contribution in [3.05, 3.63) is 0 Å². The fourth-order valence-corrected chi connectivity index (χ4v) is 2.60. The number of carboxylic acids is 1. The summed E-state index contributed by atoms with van der Waals surface area (Å²) in [6.45, 7) is 7.48. The number of nitrogens with zero attached hydrogens (tertiary/aromatic N) is 1. The second-order valence-electron chi connectivity index (χ2n) is 5.45. The number of unbranched alkanes of at least 4 members (excludes halogenated alkanes) is 1. The molecule has 1 rings (SSSR count). The third-order valence-electron chi connectivity index (χ3n) is 3.83. The average Bonchev–Trinajstić information content (AvgIpc) is 2.62. The van der Waals surface area contributed by atoms with Gasteiger partial charge in [-0.1, -0.05) is 19.8 Å². The third kappa shape index (κ3) is 3.42. The van der Waals surface area contributed by atoms with Crippen molar-refractivity contribution in [1.29, 1.82) is 0 Å². The molecule has 0 saturated carbocycles. The minimum absolute atomic E-state index is 0.365. The molecule has 17 heavy (non-hydrogen) atoms. The van der Waals surface area contributed by atoms with Gasteiger partial charge in [0.15, 0.2) is 0 Å². The first-order chi connectivity index (χ1) is 7.90. The van der Waals surface area contributed by atoms with Crippen LogP contribution in [0.1, 0.15) is 46.5 Å². The largest absolute Gasteiger partial charge is 0.481 e. The van der Waals surface area contributed by atoms with Crippen LogP contribution in [0.2, 0.25) is 0 Å². The molecule has 0 radical (unpaired) electrons.